The number of β-amino-alcohol motifs (C(OH)–C–C–N with tert-alkyl or cyclic N) is 1. The van der Waals surface area contributed by atoms with E-state index in [9.17, 15) is 9.90 Å². The summed E-state index contributed by atoms with van der Waals surface area (Å²) in [6.07, 6.45) is 3.12. The molecule has 0 bridgehead atoms. The van der Waals surface area contributed by atoms with Crippen molar-refractivity contribution in [3.63, 3.8) is 0 Å². The van der Waals surface area contributed by atoms with Crippen LogP contribution in [0.3, 0.4) is 0 Å². The minimum atomic E-state index is -0.549. The van der Waals surface area contributed by atoms with Crippen molar-refractivity contribution in [2.75, 3.05) is 51.9 Å². The van der Waals surface area contributed by atoms with Gasteiger partial charge in [0.2, 0.25) is 0 Å². The number of rotatable bonds is 11. The van der Waals surface area contributed by atoms with Gasteiger partial charge in [-0.2, -0.15) is 11.8 Å². The van der Waals surface area contributed by atoms with Gasteiger partial charge in [-0.15, -0.1) is 0 Å². The molecule has 1 aliphatic rings. The highest BCUT2D eigenvalue weighted by atomic mass is 32.2. The number of ether oxygens (including phenoxy) is 2. The van der Waals surface area contributed by atoms with E-state index in [1.165, 1.54) is 12.7 Å². The lowest BCUT2D eigenvalue weighted by atomic mass is 9.97. The molecule has 1 heterocycles. The van der Waals surface area contributed by atoms with Gasteiger partial charge in [-0.3, -0.25) is 4.79 Å². The third kappa shape index (κ3) is 8.09. The topological polar surface area (TPSA) is 71.0 Å². The number of benzene rings is 1. The first-order valence-electron chi connectivity index (χ1n) is 9.52. The third-order valence-corrected chi connectivity index (χ3v) is 5.38. The molecule has 2 N–H and O–H groups in total. The number of methoxy groups -OCH3 is 1. The fourth-order valence-electron chi connectivity index (χ4n) is 3.17. The second-order valence-electron chi connectivity index (χ2n) is 6.88. The summed E-state index contributed by atoms with van der Waals surface area (Å²) in [5.41, 5.74) is 1.22. The largest absolute Gasteiger partial charge is 0.491 e. The van der Waals surface area contributed by atoms with Crippen molar-refractivity contribution in [1.82, 2.24) is 10.2 Å². The minimum absolute atomic E-state index is 0.00614. The second-order valence-corrected chi connectivity index (χ2v) is 7.86. The van der Waals surface area contributed by atoms with Gasteiger partial charge in [0.25, 0.3) is 0 Å². The second kappa shape index (κ2) is 12.2. The SMILES string of the molecule is COC(=O)C1CCN(C[C@H](O)COc2ccc(CNCCSC)cc2)CC1. The Morgan fingerprint density at radius 3 is 2.67 bits per heavy atom. The summed E-state index contributed by atoms with van der Waals surface area (Å²) >= 11 is 1.83. The van der Waals surface area contributed by atoms with Gasteiger partial charge < -0.3 is 24.8 Å². The summed E-state index contributed by atoms with van der Waals surface area (Å²) in [6.45, 7) is 4.28. The van der Waals surface area contributed by atoms with Gasteiger partial charge >= 0.3 is 5.97 Å². The summed E-state index contributed by atoms with van der Waals surface area (Å²) in [6, 6.07) is 7.98. The molecule has 6 nitrogen and oxygen atoms in total. The van der Waals surface area contributed by atoms with Crippen LogP contribution in [0.4, 0.5) is 0 Å². The van der Waals surface area contributed by atoms with Crippen LogP contribution in [0.25, 0.3) is 0 Å². The van der Waals surface area contributed by atoms with Crippen LogP contribution in [-0.2, 0) is 16.1 Å². The molecule has 0 radical (unpaired) electrons. The maximum atomic E-state index is 11.6. The highest BCUT2D eigenvalue weighted by Crippen LogP contribution is 2.19. The molecule has 0 saturated carbocycles. The molecule has 1 aromatic carbocycles. The first kappa shape index (κ1) is 22.0. The number of aliphatic hydroxyl groups is 1. The van der Waals surface area contributed by atoms with Crippen molar-refractivity contribution in [2.45, 2.75) is 25.5 Å². The summed E-state index contributed by atoms with van der Waals surface area (Å²) in [5, 5.41) is 13.6. The number of nitrogens with zero attached hydrogens (tertiary/aromatic N) is 1. The predicted octanol–water partition coefficient (Wildman–Crippen LogP) is 1.76. The van der Waals surface area contributed by atoms with Crippen LogP contribution in [-0.4, -0.2) is 74.0 Å². The Hall–Kier alpha value is -1.28. The first-order valence-corrected chi connectivity index (χ1v) is 10.9. The molecular formula is C20H32N2O4S. The molecule has 7 heteroatoms. The van der Waals surface area contributed by atoms with Gasteiger partial charge in [0, 0.05) is 25.4 Å². The molecule has 0 unspecified atom stereocenters. The summed E-state index contributed by atoms with van der Waals surface area (Å²) in [7, 11) is 1.43. The van der Waals surface area contributed by atoms with Gasteiger partial charge in [-0.05, 0) is 49.9 Å². The van der Waals surface area contributed by atoms with Crippen LogP contribution in [0.15, 0.2) is 24.3 Å². The normalized spacial score (nSPS) is 16.9. The van der Waals surface area contributed by atoms with Crippen LogP contribution in [0.1, 0.15) is 18.4 Å². The molecule has 2 rings (SSSR count). The number of carbonyl (C=O) groups is 1. The molecule has 27 heavy (non-hydrogen) atoms. The van der Waals surface area contributed by atoms with Gasteiger partial charge in [0.1, 0.15) is 18.5 Å². The van der Waals surface area contributed by atoms with E-state index >= 15 is 0 Å². The van der Waals surface area contributed by atoms with Crippen molar-refractivity contribution in [3.05, 3.63) is 29.8 Å². The van der Waals surface area contributed by atoms with Crippen LogP contribution < -0.4 is 10.1 Å². The number of likely N-dealkylation sites (tertiary alicyclic amines) is 1. The summed E-state index contributed by atoms with van der Waals surface area (Å²) in [5.74, 6) is 1.75. The van der Waals surface area contributed by atoms with E-state index in [2.05, 4.69) is 16.5 Å². The van der Waals surface area contributed by atoms with Crippen LogP contribution in [0, 0.1) is 5.92 Å². The number of aliphatic hydroxyl groups excluding tert-OH is 1. The Labute approximate surface area is 166 Å². The van der Waals surface area contributed by atoms with E-state index in [-0.39, 0.29) is 18.5 Å². The molecule has 0 aromatic heterocycles. The fourth-order valence-corrected chi connectivity index (χ4v) is 3.52. The summed E-state index contributed by atoms with van der Waals surface area (Å²) < 4.78 is 10.5. The maximum Gasteiger partial charge on any atom is 0.308 e. The van der Waals surface area contributed by atoms with E-state index in [1.54, 1.807) is 0 Å². The zero-order chi connectivity index (χ0) is 19.5. The standard InChI is InChI=1S/C20H32N2O4S/c1-25-20(24)17-7-10-22(11-8-17)14-18(23)15-26-19-5-3-16(4-6-19)13-21-9-12-27-2/h3-6,17-18,21,23H,7-15H2,1-2H3/t18-/m0/s1. The average Bonchev–Trinajstić information content (AvgIpc) is 2.70. The third-order valence-electron chi connectivity index (χ3n) is 4.77. The van der Waals surface area contributed by atoms with E-state index in [0.717, 1.165) is 50.5 Å². The van der Waals surface area contributed by atoms with E-state index in [4.69, 9.17) is 9.47 Å². The zero-order valence-corrected chi connectivity index (χ0v) is 17.2. The molecule has 0 amide bonds. The van der Waals surface area contributed by atoms with Gasteiger partial charge in [-0.1, -0.05) is 12.1 Å². The van der Waals surface area contributed by atoms with Crippen molar-refractivity contribution in [3.8, 4) is 5.75 Å². The Bertz CT molecular complexity index is 547. The highest BCUT2D eigenvalue weighted by molar-refractivity contribution is 7.98. The number of hydrogen-bond donors (Lipinski definition) is 2. The Morgan fingerprint density at radius 2 is 2.04 bits per heavy atom. The lowest BCUT2D eigenvalue weighted by Gasteiger charge is -2.31. The fraction of sp³-hybridized carbons (Fsp3) is 0.650. The Morgan fingerprint density at radius 1 is 1.33 bits per heavy atom. The number of thioether (sulfide) groups is 1. The van der Waals surface area contributed by atoms with Crippen molar-refractivity contribution in [2.24, 2.45) is 5.92 Å². The Balaban J connectivity index is 1.64. The number of hydrogen-bond acceptors (Lipinski definition) is 7. The van der Waals surface area contributed by atoms with E-state index in [1.807, 2.05) is 36.0 Å². The van der Waals surface area contributed by atoms with Crippen LogP contribution >= 0.6 is 11.8 Å². The lowest BCUT2D eigenvalue weighted by molar-refractivity contribution is -0.147. The van der Waals surface area contributed by atoms with Crippen LogP contribution in [0.2, 0.25) is 0 Å². The number of esters is 1. The average molecular weight is 397 g/mol. The molecular weight excluding hydrogens is 364 g/mol. The molecule has 1 fully saturated rings. The lowest BCUT2D eigenvalue weighted by Crippen LogP contribution is -2.42. The minimum Gasteiger partial charge on any atom is -0.491 e. The Kier molecular flexibility index (Phi) is 9.97. The van der Waals surface area contributed by atoms with Crippen molar-refractivity contribution in [1.29, 1.82) is 0 Å². The van der Waals surface area contributed by atoms with Crippen molar-refractivity contribution < 1.29 is 19.4 Å². The molecule has 1 aromatic rings. The van der Waals surface area contributed by atoms with E-state index in [0.29, 0.717) is 6.54 Å². The molecule has 1 aliphatic heterocycles. The molecule has 152 valence electrons. The first-order chi connectivity index (χ1) is 13.1. The highest BCUT2D eigenvalue weighted by Gasteiger charge is 2.26. The summed E-state index contributed by atoms with van der Waals surface area (Å²) in [4.78, 5) is 13.7. The predicted molar refractivity (Wildman–Crippen MR) is 109 cm³/mol. The van der Waals surface area contributed by atoms with Crippen molar-refractivity contribution >= 4 is 17.7 Å². The molecule has 0 aliphatic carbocycles. The number of nitrogens with one attached hydrogen (secondary N) is 1. The van der Waals surface area contributed by atoms with Crippen LogP contribution in [0.5, 0.6) is 5.75 Å². The molecule has 0 spiro atoms. The number of carbonyl (C=O) groups excluding carboxylic acids is 1. The number of piperidine rings is 1. The van der Waals surface area contributed by atoms with Gasteiger partial charge in [0.05, 0.1) is 13.0 Å². The zero-order valence-electron chi connectivity index (χ0n) is 16.4. The monoisotopic (exact) mass is 396 g/mol. The van der Waals surface area contributed by atoms with E-state index < -0.39 is 6.10 Å². The van der Waals surface area contributed by atoms with Gasteiger partial charge in [-0.25, -0.2) is 0 Å². The molecule has 1 atom stereocenters. The molecule has 1 saturated heterocycles. The maximum absolute atomic E-state index is 11.6. The quantitative estimate of drug-likeness (QED) is 0.436. The smallest absolute Gasteiger partial charge is 0.308 e. The van der Waals surface area contributed by atoms with Gasteiger partial charge in [0.15, 0.2) is 0 Å².